The van der Waals surface area contributed by atoms with Crippen molar-refractivity contribution >= 4 is 51.8 Å². The zero-order valence-corrected chi connectivity index (χ0v) is 19.8. The number of nitrogen functional groups attached to an aromatic ring is 1. The lowest BCUT2D eigenvalue weighted by molar-refractivity contribution is -0.121. The Morgan fingerprint density at radius 2 is 1.86 bits per heavy atom. The van der Waals surface area contributed by atoms with Crippen molar-refractivity contribution in [2.45, 2.75) is 25.9 Å². The summed E-state index contributed by atoms with van der Waals surface area (Å²) in [5, 5.41) is 8.78. The fourth-order valence-electron chi connectivity index (χ4n) is 3.53. The Kier molecular flexibility index (Phi) is 7.41. The molecule has 10 nitrogen and oxygen atoms in total. The Morgan fingerprint density at radius 3 is 2.60 bits per heavy atom. The van der Waals surface area contributed by atoms with Crippen molar-refractivity contribution < 1.29 is 9.59 Å². The molecule has 4 aromatic rings. The van der Waals surface area contributed by atoms with Crippen molar-refractivity contribution in [1.82, 2.24) is 24.8 Å². The number of fused-ring (bicyclic) bond motifs is 1. The molecule has 4 rings (SSSR count). The van der Waals surface area contributed by atoms with Crippen LogP contribution in [-0.2, 0) is 17.9 Å². The predicted octanol–water partition coefficient (Wildman–Crippen LogP) is 3.45. The molecule has 0 bridgehead atoms. The molecule has 0 fully saturated rings. The highest BCUT2D eigenvalue weighted by Gasteiger charge is 2.12. The number of nitrogens with one attached hydrogen (secondary N) is 3. The fraction of sp³-hybridized carbons (Fsp3) is 0.208. The van der Waals surface area contributed by atoms with E-state index in [1.54, 1.807) is 49.8 Å². The Balaban J connectivity index is 1.25. The number of rotatable bonds is 9. The maximum atomic E-state index is 12.4. The number of anilines is 3. The molecule has 2 heterocycles. The van der Waals surface area contributed by atoms with Gasteiger partial charge in [0, 0.05) is 32.1 Å². The van der Waals surface area contributed by atoms with E-state index in [4.69, 9.17) is 17.3 Å². The second-order valence-electron chi connectivity index (χ2n) is 7.82. The average molecular weight is 493 g/mol. The van der Waals surface area contributed by atoms with E-state index in [0.717, 1.165) is 5.56 Å². The molecule has 2 amide bonds. The average Bonchev–Trinajstić information content (AvgIpc) is 3.26. The van der Waals surface area contributed by atoms with Gasteiger partial charge < -0.3 is 26.3 Å². The molecule has 2 aromatic carbocycles. The van der Waals surface area contributed by atoms with E-state index >= 15 is 0 Å². The van der Waals surface area contributed by atoms with Gasteiger partial charge in [-0.1, -0.05) is 24.3 Å². The molecule has 35 heavy (non-hydrogen) atoms. The van der Waals surface area contributed by atoms with E-state index in [0.29, 0.717) is 59.9 Å². The van der Waals surface area contributed by atoms with E-state index < -0.39 is 0 Å². The Bertz CT molecular complexity index is 1350. The first-order valence-electron chi connectivity index (χ1n) is 11.0. The summed E-state index contributed by atoms with van der Waals surface area (Å²) in [5.74, 6) is 0.238. The first-order chi connectivity index (χ1) is 16.9. The topological polar surface area (TPSA) is 140 Å². The third-order valence-corrected chi connectivity index (χ3v) is 5.56. The number of hydrogen-bond acceptors (Lipinski definition) is 7. The highest BCUT2D eigenvalue weighted by molar-refractivity contribution is 6.28. The van der Waals surface area contributed by atoms with Crippen LogP contribution in [0.1, 0.15) is 28.8 Å². The zero-order chi connectivity index (χ0) is 24.8. The van der Waals surface area contributed by atoms with Gasteiger partial charge in [0.25, 0.3) is 5.91 Å². The Morgan fingerprint density at radius 1 is 1.09 bits per heavy atom. The van der Waals surface area contributed by atoms with E-state index in [9.17, 15) is 9.59 Å². The van der Waals surface area contributed by atoms with Gasteiger partial charge >= 0.3 is 0 Å². The van der Waals surface area contributed by atoms with Gasteiger partial charge in [-0.05, 0) is 47.9 Å². The molecular formula is C24H25ClN8O2. The lowest BCUT2D eigenvalue weighted by atomic mass is 10.1. The minimum atomic E-state index is -0.251. The first-order valence-corrected chi connectivity index (χ1v) is 11.4. The molecule has 0 saturated heterocycles. The minimum Gasteiger partial charge on any atom is -0.397 e. The van der Waals surface area contributed by atoms with Crippen LogP contribution >= 0.6 is 11.6 Å². The molecule has 0 radical (unpaired) electrons. The number of halogens is 1. The number of aryl methyl sites for hydroxylation is 1. The predicted molar refractivity (Wildman–Crippen MR) is 136 cm³/mol. The summed E-state index contributed by atoms with van der Waals surface area (Å²) in [6, 6.07) is 14.1. The number of imidazole rings is 1. The number of carbonyl (C=O) groups is 2. The molecule has 0 saturated carbocycles. The number of nitrogens with two attached hydrogens (primary N) is 1. The van der Waals surface area contributed by atoms with Crippen molar-refractivity contribution in [3.8, 4) is 0 Å². The van der Waals surface area contributed by atoms with Gasteiger partial charge in [0.1, 0.15) is 0 Å². The largest absolute Gasteiger partial charge is 0.397 e. The molecule has 0 aliphatic heterocycles. The third-order valence-electron chi connectivity index (χ3n) is 5.39. The molecule has 0 atom stereocenters. The van der Waals surface area contributed by atoms with Gasteiger partial charge in [0.05, 0.1) is 17.7 Å². The normalized spacial score (nSPS) is 10.8. The number of para-hydroxylation sites is 2. The number of amides is 2. The summed E-state index contributed by atoms with van der Waals surface area (Å²) >= 11 is 5.99. The van der Waals surface area contributed by atoms with Gasteiger partial charge in [-0.2, -0.15) is 9.97 Å². The SMILES string of the molecule is CNc1nc(Cl)nc2c1ncn2CCCC(=O)NCc1ccc(C(=O)Nc2ccccc2N)cc1. The lowest BCUT2D eigenvalue weighted by Crippen LogP contribution is -2.23. The summed E-state index contributed by atoms with van der Waals surface area (Å²) in [6.45, 7) is 0.935. The number of hydrogen-bond donors (Lipinski definition) is 4. The van der Waals surface area contributed by atoms with Crippen molar-refractivity contribution in [2.75, 3.05) is 23.4 Å². The van der Waals surface area contributed by atoms with Gasteiger partial charge in [-0.15, -0.1) is 0 Å². The number of nitrogens with zero attached hydrogens (tertiary/aromatic N) is 4. The molecule has 0 spiro atoms. The Hall–Kier alpha value is -4.18. The van der Waals surface area contributed by atoms with Crippen LogP contribution in [0.2, 0.25) is 5.28 Å². The van der Waals surface area contributed by atoms with Crippen LogP contribution in [0, 0.1) is 0 Å². The molecule has 5 N–H and O–H groups in total. The molecule has 11 heteroatoms. The van der Waals surface area contributed by atoms with Gasteiger partial charge in [-0.25, -0.2) is 4.98 Å². The first kappa shape index (κ1) is 24.0. The summed E-state index contributed by atoms with van der Waals surface area (Å²) < 4.78 is 1.85. The maximum Gasteiger partial charge on any atom is 0.255 e. The summed E-state index contributed by atoms with van der Waals surface area (Å²) in [4.78, 5) is 37.4. The molecule has 0 unspecified atom stereocenters. The highest BCUT2D eigenvalue weighted by Crippen LogP contribution is 2.21. The van der Waals surface area contributed by atoms with Crippen molar-refractivity contribution in [2.24, 2.45) is 0 Å². The molecule has 2 aromatic heterocycles. The quantitative estimate of drug-likeness (QED) is 0.207. The van der Waals surface area contributed by atoms with Crippen molar-refractivity contribution in [3.05, 3.63) is 71.3 Å². The van der Waals surface area contributed by atoms with Crippen molar-refractivity contribution in [3.63, 3.8) is 0 Å². The van der Waals surface area contributed by atoms with Gasteiger partial charge in [0.15, 0.2) is 17.0 Å². The van der Waals surface area contributed by atoms with Crippen LogP contribution in [-0.4, -0.2) is 38.4 Å². The Labute approximate surface area is 206 Å². The highest BCUT2D eigenvalue weighted by atomic mass is 35.5. The van der Waals surface area contributed by atoms with Crippen LogP contribution in [0.3, 0.4) is 0 Å². The van der Waals surface area contributed by atoms with Crippen LogP contribution in [0.25, 0.3) is 11.2 Å². The van der Waals surface area contributed by atoms with Crippen LogP contribution in [0.4, 0.5) is 17.2 Å². The number of carbonyl (C=O) groups excluding carboxylic acids is 2. The summed E-state index contributed by atoms with van der Waals surface area (Å²) in [5.41, 5.74) is 9.58. The smallest absolute Gasteiger partial charge is 0.255 e. The van der Waals surface area contributed by atoms with E-state index in [-0.39, 0.29) is 17.1 Å². The molecular weight excluding hydrogens is 468 g/mol. The summed E-state index contributed by atoms with van der Waals surface area (Å²) in [6.07, 6.45) is 2.62. The molecule has 0 aliphatic rings. The fourth-order valence-corrected chi connectivity index (χ4v) is 3.70. The van der Waals surface area contributed by atoms with E-state index in [2.05, 4.69) is 30.9 Å². The number of aromatic nitrogens is 4. The zero-order valence-electron chi connectivity index (χ0n) is 19.1. The number of benzene rings is 2. The van der Waals surface area contributed by atoms with Gasteiger partial charge in [-0.3, -0.25) is 9.59 Å². The molecule has 180 valence electrons. The maximum absolute atomic E-state index is 12.4. The van der Waals surface area contributed by atoms with Crippen LogP contribution in [0.15, 0.2) is 54.9 Å². The second kappa shape index (κ2) is 10.8. The van der Waals surface area contributed by atoms with E-state index in [1.807, 2.05) is 16.7 Å². The van der Waals surface area contributed by atoms with Crippen molar-refractivity contribution in [1.29, 1.82) is 0 Å². The van der Waals surface area contributed by atoms with Crippen LogP contribution in [0.5, 0.6) is 0 Å². The lowest BCUT2D eigenvalue weighted by Gasteiger charge is -2.09. The third kappa shape index (κ3) is 5.85. The van der Waals surface area contributed by atoms with Gasteiger partial charge in [0.2, 0.25) is 11.2 Å². The second-order valence-corrected chi connectivity index (χ2v) is 8.16. The molecule has 0 aliphatic carbocycles. The van der Waals surface area contributed by atoms with E-state index in [1.165, 1.54) is 0 Å². The van der Waals surface area contributed by atoms with Crippen LogP contribution < -0.4 is 21.7 Å². The monoisotopic (exact) mass is 492 g/mol. The standard InChI is InChI=1S/C24H25ClN8O2/c1-27-21-20-22(32-24(25)31-21)33(14-29-20)12-4-7-19(34)28-13-15-8-10-16(11-9-15)23(35)30-18-6-3-2-5-17(18)26/h2-3,5-6,8-11,14H,4,7,12-13,26H2,1H3,(H,28,34)(H,30,35)(H,27,31,32). The summed E-state index contributed by atoms with van der Waals surface area (Å²) in [7, 11) is 1.74. The minimum absolute atomic E-state index is 0.0700.